The minimum atomic E-state index is -0.504. The highest BCUT2D eigenvalue weighted by molar-refractivity contribution is 7.99. The molecule has 2 aromatic heterocycles. The normalized spacial score (nSPS) is 10.6. The van der Waals surface area contributed by atoms with Crippen molar-refractivity contribution in [2.24, 2.45) is 7.05 Å². The molecule has 7 nitrogen and oxygen atoms in total. The Morgan fingerprint density at radius 2 is 2.14 bits per heavy atom. The minimum absolute atomic E-state index is 0.0378. The zero-order valence-electron chi connectivity index (χ0n) is 15.4. The molecule has 0 saturated heterocycles. The lowest BCUT2D eigenvalue weighted by Gasteiger charge is -2.22. The van der Waals surface area contributed by atoms with E-state index in [9.17, 15) is 9.18 Å². The number of amides is 1. The molecule has 0 saturated carbocycles. The van der Waals surface area contributed by atoms with Crippen molar-refractivity contribution in [3.63, 3.8) is 0 Å². The van der Waals surface area contributed by atoms with Crippen LogP contribution in [0.3, 0.4) is 0 Å². The summed E-state index contributed by atoms with van der Waals surface area (Å²) in [5.41, 5.74) is 0.992. The van der Waals surface area contributed by atoms with Gasteiger partial charge in [-0.1, -0.05) is 23.9 Å². The Morgan fingerprint density at radius 1 is 1.36 bits per heavy atom. The molecule has 0 radical (unpaired) electrons. The Hall–Kier alpha value is -3.12. The number of nitrogens with zero attached hydrogens (tertiary/aromatic N) is 5. The monoisotopic (exact) mass is 399 g/mol. The van der Waals surface area contributed by atoms with Crippen LogP contribution >= 0.6 is 11.8 Å². The molecule has 0 fully saturated rings. The Labute approximate surface area is 165 Å². The molecule has 144 valence electrons. The van der Waals surface area contributed by atoms with Crippen LogP contribution in [0.25, 0.3) is 11.4 Å². The summed E-state index contributed by atoms with van der Waals surface area (Å²) in [6, 6.07) is 9.82. The maximum Gasteiger partial charge on any atom is 0.237 e. The maximum atomic E-state index is 14.1. The molecule has 0 atom stereocenters. The second-order valence-electron chi connectivity index (χ2n) is 5.95. The molecule has 28 heavy (non-hydrogen) atoms. The van der Waals surface area contributed by atoms with E-state index in [0.717, 1.165) is 11.3 Å². The van der Waals surface area contributed by atoms with Crippen LogP contribution in [-0.4, -0.2) is 33.0 Å². The highest BCUT2D eigenvalue weighted by atomic mass is 32.2. The second-order valence-corrected chi connectivity index (χ2v) is 6.89. The number of hydrogen-bond acceptors (Lipinski definition) is 6. The molecule has 9 heteroatoms. The number of aryl methyl sites for hydroxylation is 1. The zero-order chi connectivity index (χ0) is 20.1. The highest BCUT2D eigenvalue weighted by Gasteiger charge is 2.21. The van der Waals surface area contributed by atoms with Crippen molar-refractivity contribution < 1.29 is 13.6 Å². The number of halogens is 1. The number of para-hydroxylation sites is 1. The van der Waals surface area contributed by atoms with Gasteiger partial charge in [-0.05, 0) is 25.1 Å². The van der Waals surface area contributed by atoms with Crippen molar-refractivity contribution >= 4 is 23.4 Å². The van der Waals surface area contributed by atoms with Gasteiger partial charge in [0.25, 0.3) is 0 Å². The molecular formula is C19H18FN5O2S. The van der Waals surface area contributed by atoms with Crippen molar-refractivity contribution in [1.82, 2.24) is 14.8 Å². The molecule has 2 heterocycles. The number of rotatable bonds is 7. The molecule has 0 spiro atoms. The first-order chi connectivity index (χ1) is 13.5. The van der Waals surface area contributed by atoms with Gasteiger partial charge < -0.3 is 13.9 Å². The number of aromatic nitrogens is 3. The summed E-state index contributed by atoms with van der Waals surface area (Å²) in [5, 5.41) is 17.7. The molecule has 0 N–H and O–H groups in total. The van der Waals surface area contributed by atoms with Gasteiger partial charge in [-0.25, -0.2) is 4.39 Å². The Balaban J connectivity index is 1.75. The molecule has 0 unspecified atom stereocenters. The first-order valence-electron chi connectivity index (χ1n) is 8.51. The lowest BCUT2D eigenvalue weighted by molar-refractivity contribution is -0.116. The van der Waals surface area contributed by atoms with Gasteiger partial charge in [-0.3, -0.25) is 4.79 Å². The van der Waals surface area contributed by atoms with Crippen LogP contribution in [0.4, 0.5) is 10.1 Å². The van der Waals surface area contributed by atoms with Crippen molar-refractivity contribution in [1.29, 1.82) is 5.26 Å². The quantitative estimate of drug-likeness (QED) is 0.565. The number of benzene rings is 1. The predicted octanol–water partition coefficient (Wildman–Crippen LogP) is 3.56. The smallest absolute Gasteiger partial charge is 0.237 e. The van der Waals surface area contributed by atoms with Crippen LogP contribution in [0.1, 0.15) is 12.2 Å². The average molecular weight is 399 g/mol. The standard InChI is InChI=1S/C19H18FN5O2S/c1-13-14(8-11-27-13)18-22-23-19(24(18)2)28-12-17(26)25(10-5-9-21)16-7-4-3-6-15(16)20/h3-4,6-8,11H,5,10,12H2,1-2H3. The Kier molecular flexibility index (Phi) is 6.11. The summed E-state index contributed by atoms with van der Waals surface area (Å²) in [6.07, 6.45) is 1.69. The third-order valence-electron chi connectivity index (χ3n) is 4.15. The second kappa shape index (κ2) is 8.71. The van der Waals surface area contributed by atoms with Crippen molar-refractivity contribution in [2.45, 2.75) is 18.5 Å². The summed E-state index contributed by atoms with van der Waals surface area (Å²) >= 11 is 1.20. The number of carbonyl (C=O) groups excluding carboxylic acids is 1. The summed E-state index contributed by atoms with van der Waals surface area (Å²) in [7, 11) is 1.80. The molecule has 0 bridgehead atoms. The largest absolute Gasteiger partial charge is 0.469 e. The van der Waals surface area contributed by atoms with E-state index in [2.05, 4.69) is 10.2 Å². The molecule has 3 rings (SSSR count). The maximum absolute atomic E-state index is 14.1. The number of anilines is 1. The van der Waals surface area contributed by atoms with Gasteiger partial charge >= 0.3 is 0 Å². The van der Waals surface area contributed by atoms with Crippen LogP contribution in [0.5, 0.6) is 0 Å². The van der Waals surface area contributed by atoms with Gasteiger partial charge in [0.15, 0.2) is 11.0 Å². The van der Waals surface area contributed by atoms with E-state index >= 15 is 0 Å². The predicted molar refractivity (Wildman–Crippen MR) is 103 cm³/mol. The van der Waals surface area contributed by atoms with Gasteiger partial charge in [0.05, 0.1) is 35.8 Å². The summed E-state index contributed by atoms with van der Waals surface area (Å²) in [5.74, 6) is 0.586. The van der Waals surface area contributed by atoms with E-state index in [1.165, 1.54) is 28.8 Å². The average Bonchev–Trinajstić information content (AvgIpc) is 3.26. The Morgan fingerprint density at radius 3 is 2.82 bits per heavy atom. The molecule has 0 aliphatic heterocycles. The SMILES string of the molecule is Cc1occc1-c1nnc(SCC(=O)N(CCC#N)c2ccccc2F)n1C. The van der Waals surface area contributed by atoms with E-state index in [0.29, 0.717) is 11.0 Å². The number of thioether (sulfide) groups is 1. The first kappa shape index (κ1) is 19.6. The molecule has 1 amide bonds. The van der Waals surface area contributed by atoms with Gasteiger partial charge in [-0.15, -0.1) is 10.2 Å². The van der Waals surface area contributed by atoms with Gasteiger partial charge in [-0.2, -0.15) is 5.26 Å². The number of carbonyl (C=O) groups is 1. The van der Waals surface area contributed by atoms with E-state index < -0.39 is 5.82 Å². The van der Waals surface area contributed by atoms with Crippen LogP contribution in [-0.2, 0) is 11.8 Å². The van der Waals surface area contributed by atoms with Gasteiger partial charge in [0.1, 0.15) is 11.6 Å². The zero-order valence-corrected chi connectivity index (χ0v) is 16.2. The van der Waals surface area contributed by atoms with Crippen LogP contribution in [0.2, 0.25) is 0 Å². The minimum Gasteiger partial charge on any atom is -0.469 e. The third kappa shape index (κ3) is 4.07. The van der Waals surface area contributed by atoms with Gasteiger partial charge in [0, 0.05) is 13.6 Å². The molecule has 0 aliphatic rings. The molecule has 0 aliphatic carbocycles. The van der Waals surface area contributed by atoms with Crippen LogP contribution in [0, 0.1) is 24.1 Å². The Bertz CT molecular complexity index is 1020. The van der Waals surface area contributed by atoms with Crippen LogP contribution < -0.4 is 4.90 Å². The fourth-order valence-electron chi connectivity index (χ4n) is 2.71. The van der Waals surface area contributed by atoms with E-state index in [4.69, 9.17) is 9.68 Å². The fourth-order valence-corrected chi connectivity index (χ4v) is 3.50. The number of furan rings is 1. The van der Waals surface area contributed by atoms with E-state index in [1.807, 2.05) is 13.0 Å². The van der Waals surface area contributed by atoms with Crippen molar-refractivity contribution in [3.8, 4) is 17.5 Å². The number of hydrogen-bond donors (Lipinski definition) is 0. The molecule has 1 aromatic carbocycles. The summed E-state index contributed by atoms with van der Waals surface area (Å²) in [4.78, 5) is 14.0. The van der Waals surface area contributed by atoms with E-state index in [-0.39, 0.29) is 30.3 Å². The summed E-state index contributed by atoms with van der Waals surface area (Å²) in [6.45, 7) is 1.96. The fraction of sp³-hybridized carbons (Fsp3) is 0.263. The third-order valence-corrected chi connectivity index (χ3v) is 5.16. The first-order valence-corrected chi connectivity index (χ1v) is 9.50. The van der Waals surface area contributed by atoms with Crippen molar-refractivity contribution in [3.05, 3.63) is 48.2 Å². The number of nitriles is 1. The molecule has 3 aromatic rings. The summed E-state index contributed by atoms with van der Waals surface area (Å²) < 4.78 is 21.2. The van der Waals surface area contributed by atoms with Crippen LogP contribution in [0.15, 0.2) is 46.2 Å². The van der Waals surface area contributed by atoms with E-state index in [1.54, 1.807) is 36.1 Å². The molecular weight excluding hydrogens is 381 g/mol. The topological polar surface area (TPSA) is 88.0 Å². The lowest BCUT2D eigenvalue weighted by atomic mass is 10.2. The van der Waals surface area contributed by atoms with Crippen molar-refractivity contribution in [2.75, 3.05) is 17.2 Å². The van der Waals surface area contributed by atoms with Gasteiger partial charge in [0.2, 0.25) is 5.91 Å². The lowest BCUT2D eigenvalue weighted by Crippen LogP contribution is -2.34. The highest BCUT2D eigenvalue weighted by Crippen LogP contribution is 2.27.